The number of likely N-dealkylation sites (tertiary alicyclic amines) is 1. The summed E-state index contributed by atoms with van der Waals surface area (Å²) in [6.45, 7) is 6.82. The molecule has 1 aliphatic heterocycles. The lowest BCUT2D eigenvalue weighted by molar-refractivity contribution is 0.144. The van der Waals surface area contributed by atoms with Crippen LogP contribution >= 0.6 is 0 Å². The summed E-state index contributed by atoms with van der Waals surface area (Å²) >= 11 is 0. The van der Waals surface area contributed by atoms with Crippen LogP contribution < -0.4 is 10.5 Å². The third kappa shape index (κ3) is 3.78. The molecule has 0 aromatic heterocycles. The van der Waals surface area contributed by atoms with Crippen LogP contribution in [0, 0.1) is 0 Å². The fourth-order valence-corrected chi connectivity index (χ4v) is 3.45. The highest BCUT2D eigenvalue weighted by atomic mass is 16.5. The normalized spacial score (nSPS) is 20.2. The maximum absolute atomic E-state index is 6.81. The average Bonchev–Trinajstić information content (AvgIpc) is 3.01. The van der Waals surface area contributed by atoms with Crippen LogP contribution in [0.3, 0.4) is 0 Å². The highest BCUT2D eigenvalue weighted by Crippen LogP contribution is 2.32. The fourth-order valence-electron chi connectivity index (χ4n) is 3.45. The summed E-state index contributed by atoms with van der Waals surface area (Å²) in [6.07, 6.45) is 6.26. The number of ether oxygens (including phenoxy) is 1. The molecular formula is C18H30N2O. The number of rotatable bonds is 7. The lowest BCUT2D eigenvalue weighted by Gasteiger charge is -2.41. The summed E-state index contributed by atoms with van der Waals surface area (Å²) in [4.78, 5) is 2.60. The van der Waals surface area contributed by atoms with Gasteiger partial charge in [0.2, 0.25) is 0 Å². The number of benzene rings is 1. The molecule has 1 saturated heterocycles. The summed E-state index contributed by atoms with van der Waals surface area (Å²) in [7, 11) is 1.70. The maximum Gasteiger partial charge on any atom is 0.118 e. The number of nitrogens with two attached hydrogens (primary N) is 1. The van der Waals surface area contributed by atoms with Crippen molar-refractivity contribution in [2.24, 2.45) is 5.73 Å². The van der Waals surface area contributed by atoms with E-state index in [9.17, 15) is 0 Å². The molecule has 0 amide bonds. The van der Waals surface area contributed by atoms with Gasteiger partial charge in [-0.25, -0.2) is 0 Å². The van der Waals surface area contributed by atoms with Crippen molar-refractivity contribution in [2.45, 2.75) is 57.5 Å². The molecule has 2 atom stereocenters. The summed E-state index contributed by atoms with van der Waals surface area (Å²) in [5.41, 5.74) is 7.70. The van der Waals surface area contributed by atoms with Crippen molar-refractivity contribution >= 4 is 0 Å². The standard InChI is InChI=1S/C18H30N2O/c1-4-5-8-17(20-13-6-7-14-20)18(2,19)15-9-11-16(21-3)12-10-15/h9-12,17H,4-8,13-14,19H2,1-3H3. The van der Waals surface area contributed by atoms with Gasteiger partial charge in [0.05, 0.1) is 12.6 Å². The first-order valence-corrected chi connectivity index (χ1v) is 8.27. The molecule has 1 aliphatic rings. The number of hydrogen-bond donors (Lipinski definition) is 1. The SMILES string of the molecule is CCCCC(N1CCCC1)C(C)(N)c1ccc(OC)cc1. The van der Waals surface area contributed by atoms with Crippen LogP contribution in [0.15, 0.2) is 24.3 Å². The Morgan fingerprint density at radius 2 is 1.86 bits per heavy atom. The maximum atomic E-state index is 6.81. The molecule has 3 heteroatoms. The van der Waals surface area contributed by atoms with Crippen LogP contribution in [-0.4, -0.2) is 31.1 Å². The highest BCUT2D eigenvalue weighted by Gasteiger charge is 2.36. The Morgan fingerprint density at radius 3 is 2.38 bits per heavy atom. The van der Waals surface area contributed by atoms with Crippen molar-refractivity contribution in [2.75, 3.05) is 20.2 Å². The number of methoxy groups -OCH3 is 1. The van der Waals surface area contributed by atoms with Crippen molar-refractivity contribution in [1.82, 2.24) is 4.90 Å². The van der Waals surface area contributed by atoms with Gasteiger partial charge in [0.1, 0.15) is 5.75 Å². The fraction of sp³-hybridized carbons (Fsp3) is 0.667. The van der Waals surface area contributed by atoms with Gasteiger partial charge in [-0.2, -0.15) is 0 Å². The third-order valence-corrected chi connectivity index (χ3v) is 4.82. The topological polar surface area (TPSA) is 38.5 Å². The smallest absolute Gasteiger partial charge is 0.118 e. The van der Waals surface area contributed by atoms with Crippen molar-refractivity contribution in [3.63, 3.8) is 0 Å². The van der Waals surface area contributed by atoms with Crippen LogP contribution in [0.1, 0.15) is 51.5 Å². The summed E-state index contributed by atoms with van der Waals surface area (Å²) in [5.74, 6) is 0.890. The van der Waals surface area contributed by atoms with E-state index in [-0.39, 0.29) is 5.54 Å². The molecule has 0 aliphatic carbocycles. The van der Waals surface area contributed by atoms with Crippen LogP contribution in [0.25, 0.3) is 0 Å². The molecule has 0 radical (unpaired) electrons. The molecule has 2 N–H and O–H groups in total. The van der Waals surface area contributed by atoms with E-state index in [1.807, 2.05) is 12.1 Å². The van der Waals surface area contributed by atoms with Crippen LogP contribution in [0.5, 0.6) is 5.75 Å². The Morgan fingerprint density at radius 1 is 1.24 bits per heavy atom. The number of unbranched alkanes of at least 4 members (excludes halogenated alkanes) is 1. The van der Waals surface area contributed by atoms with Gasteiger partial charge in [-0.05, 0) is 57.0 Å². The van der Waals surface area contributed by atoms with E-state index < -0.39 is 0 Å². The predicted molar refractivity (Wildman–Crippen MR) is 88.7 cm³/mol. The van der Waals surface area contributed by atoms with Gasteiger partial charge < -0.3 is 10.5 Å². The predicted octanol–water partition coefficient (Wildman–Crippen LogP) is 3.52. The average molecular weight is 290 g/mol. The first-order chi connectivity index (χ1) is 10.1. The Kier molecular flexibility index (Phi) is 5.65. The van der Waals surface area contributed by atoms with Gasteiger partial charge in [-0.15, -0.1) is 0 Å². The molecule has 2 rings (SSSR count). The monoisotopic (exact) mass is 290 g/mol. The molecule has 1 fully saturated rings. The second kappa shape index (κ2) is 7.28. The lowest BCUT2D eigenvalue weighted by atomic mass is 9.82. The van der Waals surface area contributed by atoms with Gasteiger partial charge >= 0.3 is 0 Å². The van der Waals surface area contributed by atoms with Crippen molar-refractivity contribution in [3.8, 4) is 5.75 Å². The molecule has 0 bridgehead atoms. The second-order valence-electron chi connectivity index (χ2n) is 6.41. The number of nitrogens with zero attached hydrogens (tertiary/aromatic N) is 1. The van der Waals surface area contributed by atoms with E-state index in [1.54, 1.807) is 7.11 Å². The molecule has 1 aromatic rings. The van der Waals surface area contributed by atoms with Gasteiger partial charge in [0.15, 0.2) is 0 Å². The van der Waals surface area contributed by atoms with E-state index >= 15 is 0 Å². The summed E-state index contributed by atoms with van der Waals surface area (Å²) < 4.78 is 5.26. The molecule has 3 nitrogen and oxygen atoms in total. The lowest BCUT2D eigenvalue weighted by Crippen LogP contribution is -2.53. The first kappa shape index (κ1) is 16.3. The number of hydrogen-bond acceptors (Lipinski definition) is 3. The van der Waals surface area contributed by atoms with Crippen molar-refractivity contribution in [3.05, 3.63) is 29.8 Å². The van der Waals surface area contributed by atoms with Gasteiger partial charge in [0, 0.05) is 6.04 Å². The third-order valence-electron chi connectivity index (χ3n) is 4.82. The van der Waals surface area contributed by atoms with E-state index in [1.165, 1.54) is 50.8 Å². The zero-order valence-corrected chi connectivity index (χ0v) is 13.8. The molecule has 1 heterocycles. The second-order valence-corrected chi connectivity index (χ2v) is 6.41. The Labute approximate surface area is 129 Å². The Balaban J connectivity index is 2.21. The Hall–Kier alpha value is -1.06. The van der Waals surface area contributed by atoms with Gasteiger partial charge in [-0.1, -0.05) is 31.9 Å². The largest absolute Gasteiger partial charge is 0.497 e. The minimum atomic E-state index is -0.314. The minimum absolute atomic E-state index is 0.314. The van der Waals surface area contributed by atoms with E-state index in [0.29, 0.717) is 6.04 Å². The molecule has 2 unspecified atom stereocenters. The van der Waals surface area contributed by atoms with Crippen molar-refractivity contribution in [1.29, 1.82) is 0 Å². The molecule has 0 spiro atoms. The highest BCUT2D eigenvalue weighted by molar-refractivity contribution is 5.32. The van der Waals surface area contributed by atoms with Crippen LogP contribution in [0.4, 0.5) is 0 Å². The van der Waals surface area contributed by atoms with E-state index in [2.05, 4.69) is 30.9 Å². The zero-order valence-electron chi connectivity index (χ0n) is 13.8. The van der Waals surface area contributed by atoms with Gasteiger partial charge in [0.25, 0.3) is 0 Å². The quantitative estimate of drug-likeness (QED) is 0.835. The van der Waals surface area contributed by atoms with Crippen LogP contribution in [0.2, 0.25) is 0 Å². The molecular weight excluding hydrogens is 260 g/mol. The Bertz CT molecular complexity index is 421. The minimum Gasteiger partial charge on any atom is -0.497 e. The molecule has 0 saturated carbocycles. The van der Waals surface area contributed by atoms with E-state index in [4.69, 9.17) is 10.5 Å². The van der Waals surface area contributed by atoms with Crippen molar-refractivity contribution < 1.29 is 4.74 Å². The summed E-state index contributed by atoms with van der Waals surface area (Å²) in [6, 6.07) is 8.69. The zero-order chi connectivity index (χ0) is 15.3. The first-order valence-electron chi connectivity index (χ1n) is 8.27. The van der Waals surface area contributed by atoms with E-state index in [0.717, 1.165) is 5.75 Å². The van der Waals surface area contributed by atoms with Gasteiger partial charge in [-0.3, -0.25) is 4.90 Å². The molecule has 118 valence electrons. The molecule has 1 aromatic carbocycles. The summed E-state index contributed by atoms with van der Waals surface area (Å²) in [5, 5.41) is 0. The molecule has 21 heavy (non-hydrogen) atoms. The van der Waals surface area contributed by atoms with Crippen LogP contribution in [-0.2, 0) is 5.54 Å².